The van der Waals surface area contributed by atoms with Crippen molar-refractivity contribution in [2.45, 2.75) is 25.6 Å². The predicted octanol–water partition coefficient (Wildman–Crippen LogP) is 4.16. The third kappa shape index (κ3) is 4.12. The Bertz CT molecular complexity index is 659. The fourth-order valence-corrected chi connectivity index (χ4v) is 3.07. The lowest BCUT2D eigenvalue weighted by Crippen LogP contribution is -2.43. The minimum atomic E-state index is -0.0105. The van der Waals surface area contributed by atoms with Crippen molar-refractivity contribution in [2.75, 3.05) is 13.1 Å². The van der Waals surface area contributed by atoms with Crippen LogP contribution in [-0.4, -0.2) is 30.0 Å². The predicted molar refractivity (Wildman–Crippen MR) is 91.6 cm³/mol. The van der Waals surface area contributed by atoms with E-state index in [1.54, 1.807) is 12.1 Å². The summed E-state index contributed by atoms with van der Waals surface area (Å²) in [5, 5.41) is 0.504. The second-order valence-electron chi connectivity index (χ2n) is 5.79. The van der Waals surface area contributed by atoms with Gasteiger partial charge in [0.1, 0.15) is 0 Å². The van der Waals surface area contributed by atoms with E-state index in [1.807, 2.05) is 35.2 Å². The molecule has 0 saturated carbocycles. The normalized spacial score (nSPS) is 18.0. The molecule has 1 unspecified atom stereocenters. The summed E-state index contributed by atoms with van der Waals surface area (Å²) in [4.78, 5) is 14.5. The molecular formula is C19H20ClNO2. The van der Waals surface area contributed by atoms with Crippen LogP contribution in [0.5, 0.6) is 0 Å². The van der Waals surface area contributed by atoms with Crippen molar-refractivity contribution in [3.63, 3.8) is 0 Å². The molecule has 1 fully saturated rings. The van der Waals surface area contributed by atoms with Crippen LogP contribution in [0.1, 0.15) is 28.8 Å². The molecular weight excluding hydrogens is 310 g/mol. The molecule has 0 aliphatic carbocycles. The van der Waals surface area contributed by atoms with Gasteiger partial charge in [0, 0.05) is 13.1 Å². The Hall–Kier alpha value is -1.84. The van der Waals surface area contributed by atoms with Crippen LogP contribution < -0.4 is 0 Å². The molecule has 2 aromatic carbocycles. The molecule has 3 nitrogen and oxygen atoms in total. The van der Waals surface area contributed by atoms with E-state index in [-0.39, 0.29) is 12.0 Å². The summed E-state index contributed by atoms with van der Waals surface area (Å²) in [6.07, 6.45) is 2.02. The minimum absolute atomic E-state index is 0.0105. The number of nitrogens with zero attached hydrogens (tertiary/aromatic N) is 1. The van der Waals surface area contributed by atoms with Gasteiger partial charge in [-0.15, -0.1) is 0 Å². The lowest BCUT2D eigenvalue weighted by atomic mass is 10.1. The molecule has 2 aromatic rings. The number of likely N-dealkylation sites (tertiary alicyclic amines) is 1. The second kappa shape index (κ2) is 7.62. The van der Waals surface area contributed by atoms with E-state index in [1.165, 1.54) is 0 Å². The molecule has 0 spiro atoms. The van der Waals surface area contributed by atoms with E-state index in [9.17, 15) is 4.79 Å². The van der Waals surface area contributed by atoms with Gasteiger partial charge in [-0.3, -0.25) is 4.79 Å². The Balaban J connectivity index is 1.60. The van der Waals surface area contributed by atoms with Crippen molar-refractivity contribution in [1.29, 1.82) is 0 Å². The molecule has 3 rings (SSSR count). The zero-order valence-electron chi connectivity index (χ0n) is 13.0. The van der Waals surface area contributed by atoms with Gasteiger partial charge < -0.3 is 9.64 Å². The van der Waals surface area contributed by atoms with Gasteiger partial charge in [-0.05, 0) is 30.5 Å². The number of halogens is 1. The highest BCUT2D eigenvalue weighted by atomic mass is 35.5. The first-order valence-electron chi connectivity index (χ1n) is 7.93. The zero-order valence-corrected chi connectivity index (χ0v) is 13.7. The highest BCUT2D eigenvalue weighted by Crippen LogP contribution is 2.21. The van der Waals surface area contributed by atoms with Gasteiger partial charge in [-0.1, -0.05) is 54.1 Å². The van der Waals surface area contributed by atoms with E-state index in [0.29, 0.717) is 23.7 Å². The first kappa shape index (κ1) is 16.0. The lowest BCUT2D eigenvalue weighted by molar-refractivity contribution is -0.00672. The number of amides is 1. The Morgan fingerprint density at radius 1 is 1.13 bits per heavy atom. The Morgan fingerprint density at radius 2 is 1.87 bits per heavy atom. The topological polar surface area (TPSA) is 29.5 Å². The van der Waals surface area contributed by atoms with Crippen molar-refractivity contribution in [2.24, 2.45) is 0 Å². The number of carbonyl (C=O) groups is 1. The van der Waals surface area contributed by atoms with Crippen molar-refractivity contribution < 1.29 is 9.53 Å². The summed E-state index contributed by atoms with van der Waals surface area (Å²) in [5.74, 6) is -0.0105. The quantitative estimate of drug-likeness (QED) is 0.843. The SMILES string of the molecule is O=C(c1ccccc1Cl)N1CCCC(OCc2ccccc2)C1. The molecule has 4 heteroatoms. The second-order valence-corrected chi connectivity index (χ2v) is 6.20. The van der Waals surface area contributed by atoms with Crippen LogP contribution in [0.2, 0.25) is 5.02 Å². The number of carbonyl (C=O) groups excluding carboxylic acids is 1. The molecule has 0 aromatic heterocycles. The Labute approximate surface area is 141 Å². The Kier molecular flexibility index (Phi) is 5.31. The summed E-state index contributed by atoms with van der Waals surface area (Å²) >= 11 is 6.14. The van der Waals surface area contributed by atoms with Gasteiger partial charge in [0.2, 0.25) is 0 Å². The summed E-state index contributed by atoms with van der Waals surface area (Å²) in [5.41, 5.74) is 1.72. The highest BCUT2D eigenvalue weighted by Gasteiger charge is 2.25. The molecule has 1 saturated heterocycles. The number of hydrogen-bond donors (Lipinski definition) is 0. The van der Waals surface area contributed by atoms with Crippen molar-refractivity contribution in [3.8, 4) is 0 Å². The van der Waals surface area contributed by atoms with Crippen LogP contribution in [0.15, 0.2) is 54.6 Å². The highest BCUT2D eigenvalue weighted by molar-refractivity contribution is 6.33. The minimum Gasteiger partial charge on any atom is -0.372 e. The molecule has 1 atom stereocenters. The first-order chi connectivity index (χ1) is 11.2. The van der Waals surface area contributed by atoms with Crippen LogP contribution in [0.4, 0.5) is 0 Å². The third-order valence-corrected chi connectivity index (χ3v) is 4.43. The summed E-state index contributed by atoms with van der Waals surface area (Å²) in [6.45, 7) is 1.96. The van der Waals surface area contributed by atoms with Crippen LogP contribution in [0.3, 0.4) is 0 Å². The van der Waals surface area contributed by atoms with E-state index in [2.05, 4.69) is 12.1 Å². The molecule has 1 aliphatic heterocycles. The van der Waals surface area contributed by atoms with Crippen LogP contribution in [-0.2, 0) is 11.3 Å². The van der Waals surface area contributed by atoms with Gasteiger partial charge in [0.25, 0.3) is 5.91 Å². The third-order valence-electron chi connectivity index (χ3n) is 4.10. The standard InChI is InChI=1S/C19H20ClNO2/c20-18-11-5-4-10-17(18)19(22)21-12-6-9-16(13-21)23-14-15-7-2-1-3-8-15/h1-5,7-8,10-11,16H,6,9,12-14H2. The van der Waals surface area contributed by atoms with Crippen LogP contribution in [0, 0.1) is 0 Å². The Morgan fingerprint density at radius 3 is 2.65 bits per heavy atom. The van der Waals surface area contributed by atoms with Crippen molar-refractivity contribution in [1.82, 2.24) is 4.90 Å². The lowest BCUT2D eigenvalue weighted by Gasteiger charge is -2.33. The van der Waals surface area contributed by atoms with Crippen molar-refractivity contribution in [3.05, 3.63) is 70.7 Å². The molecule has 120 valence electrons. The molecule has 0 radical (unpaired) electrons. The van der Waals surface area contributed by atoms with Gasteiger partial charge in [-0.2, -0.15) is 0 Å². The number of benzene rings is 2. The molecule has 1 aliphatic rings. The van der Waals surface area contributed by atoms with E-state index >= 15 is 0 Å². The largest absolute Gasteiger partial charge is 0.372 e. The fraction of sp³-hybridized carbons (Fsp3) is 0.316. The zero-order chi connectivity index (χ0) is 16.1. The average molecular weight is 330 g/mol. The maximum Gasteiger partial charge on any atom is 0.255 e. The van der Waals surface area contributed by atoms with E-state index < -0.39 is 0 Å². The summed E-state index contributed by atoms with van der Waals surface area (Å²) < 4.78 is 5.99. The number of ether oxygens (including phenoxy) is 1. The monoisotopic (exact) mass is 329 g/mol. The molecule has 0 bridgehead atoms. The number of piperidine rings is 1. The number of rotatable bonds is 4. The molecule has 1 amide bonds. The molecule has 1 heterocycles. The van der Waals surface area contributed by atoms with Gasteiger partial charge in [0.15, 0.2) is 0 Å². The van der Waals surface area contributed by atoms with E-state index in [0.717, 1.165) is 24.9 Å². The van der Waals surface area contributed by atoms with Crippen molar-refractivity contribution >= 4 is 17.5 Å². The van der Waals surface area contributed by atoms with Crippen LogP contribution >= 0.6 is 11.6 Å². The summed E-state index contributed by atoms with van der Waals surface area (Å²) in [7, 11) is 0. The fourth-order valence-electron chi connectivity index (χ4n) is 2.85. The molecule has 0 N–H and O–H groups in total. The maximum atomic E-state index is 12.6. The smallest absolute Gasteiger partial charge is 0.255 e. The van der Waals surface area contributed by atoms with Gasteiger partial charge in [0.05, 0.1) is 23.3 Å². The first-order valence-corrected chi connectivity index (χ1v) is 8.31. The van der Waals surface area contributed by atoms with E-state index in [4.69, 9.17) is 16.3 Å². The maximum absolute atomic E-state index is 12.6. The average Bonchev–Trinajstić information content (AvgIpc) is 2.61. The van der Waals surface area contributed by atoms with Gasteiger partial charge >= 0.3 is 0 Å². The number of hydrogen-bond acceptors (Lipinski definition) is 2. The van der Waals surface area contributed by atoms with Crippen LogP contribution in [0.25, 0.3) is 0 Å². The van der Waals surface area contributed by atoms with Gasteiger partial charge in [-0.25, -0.2) is 0 Å². The molecule has 23 heavy (non-hydrogen) atoms. The summed E-state index contributed by atoms with van der Waals surface area (Å²) in [6, 6.07) is 17.3.